The Morgan fingerprint density at radius 1 is 1.17 bits per heavy atom. The van der Waals surface area contributed by atoms with E-state index < -0.39 is 0 Å². The third-order valence-electron chi connectivity index (χ3n) is 5.07. The molecule has 1 saturated carbocycles. The van der Waals surface area contributed by atoms with E-state index in [1.54, 1.807) is 0 Å². The van der Waals surface area contributed by atoms with Crippen LogP contribution in [0.25, 0.3) is 0 Å². The monoisotopic (exact) mass is 254 g/mol. The molecule has 0 atom stereocenters. The Kier molecular flexibility index (Phi) is 3.70. The highest BCUT2D eigenvalue weighted by molar-refractivity contribution is 5.78. The van der Waals surface area contributed by atoms with Gasteiger partial charge in [-0.15, -0.1) is 0 Å². The van der Waals surface area contributed by atoms with E-state index in [2.05, 4.69) is 38.3 Å². The van der Waals surface area contributed by atoms with Crippen molar-refractivity contribution < 1.29 is 9.53 Å². The molecule has 1 amide bonds. The van der Waals surface area contributed by atoms with Gasteiger partial charge < -0.3 is 15.4 Å². The van der Waals surface area contributed by atoms with Crippen molar-refractivity contribution in [2.75, 3.05) is 19.8 Å². The Hall–Kier alpha value is -0.610. The van der Waals surface area contributed by atoms with Gasteiger partial charge in [0.2, 0.25) is 5.91 Å². The Balaban J connectivity index is 1.70. The van der Waals surface area contributed by atoms with Crippen molar-refractivity contribution in [3.63, 3.8) is 0 Å². The Morgan fingerprint density at radius 3 is 2.22 bits per heavy atom. The molecule has 1 heterocycles. The van der Waals surface area contributed by atoms with E-state index >= 15 is 0 Å². The van der Waals surface area contributed by atoms with Crippen LogP contribution in [-0.2, 0) is 9.53 Å². The van der Waals surface area contributed by atoms with Crippen LogP contribution in [0, 0.1) is 10.8 Å². The molecule has 2 rings (SSSR count). The summed E-state index contributed by atoms with van der Waals surface area (Å²) in [7, 11) is 0. The summed E-state index contributed by atoms with van der Waals surface area (Å²) in [6.07, 6.45) is 1.87. The van der Waals surface area contributed by atoms with Gasteiger partial charge in [-0.3, -0.25) is 4.79 Å². The van der Waals surface area contributed by atoms with E-state index in [1.807, 2.05) is 0 Å². The standard InChI is InChI=1S/C14H26N2O2/c1-13(2)12(14(13,3)4)15-9-11(17)16-10-5-7-18-8-6-10/h10,12,15H,5-9H2,1-4H3,(H,16,17). The van der Waals surface area contributed by atoms with Crippen molar-refractivity contribution >= 4 is 5.91 Å². The fourth-order valence-electron chi connectivity index (χ4n) is 3.02. The summed E-state index contributed by atoms with van der Waals surface area (Å²) in [5.74, 6) is 0.111. The van der Waals surface area contributed by atoms with Crippen LogP contribution in [0.1, 0.15) is 40.5 Å². The first-order valence-corrected chi connectivity index (χ1v) is 6.96. The largest absolute Gasteiger partial charge is 0.381 e. The molecule has 18 heavy (non-hydrogen) atoms. The van der Waals surface area contributed by atoms with Gasteiger partial charge in [0.1, 0.15) is 0 Å². The molecule has 0 spiro atoms. The predicted octanol–water partition coefficient (Wildman–Crippen LogP) is 1.31. The van der Waals surface area contributed by atoms with Crippen LogP contribution in [0.2, 0.25) is 0 Å². The Labute approximate surface area is 110 Å². The van der Waals surface area contributed by atoms with Crippen molar-refractivity contribution in [1.29, 1.82) is 0 Å². The number of ether oxygens (including phenoxy) is 1. The highest BCUT2D eigenvalue weighted by Gasteiger charge is 2.64. The zero-order valence-electron chi connectivity index (χ0n) is 12.0. The van der Waals surface area contributed by atoms with Crippen LogP contribution in [0.15, 0.2) is 0 Å². The van der Waals surface area contributed by atoms with E-state index in [-0.39, 0.29) is 16.7 Å². The molecule has 2 fully saturated rings. The van der Waals surface area contributed by atoms with Gasteiger partial charge >= 0.3 is 0 Å². The molecule has 1 aliphatic heterocycles. The van der Waals surface area contributed by atoms with Crippen molar-refractivity contribution in [2.24, 2.45) is 10.8 Å². The molecular formula is C14H26N2O2. The number of nitrogens with one attached hydrogen (secondary N) is 2. The molecule has 2 N–H and O–H groups in total. The van der Waals surface area contributed by atoms with Gasteiger partial charge in [0.25, 0.3) is 0 Å². The van der Waals surface area contributed by atoms with Gasteiger partial charge in [-0.2, -0.15) is 0 Å². The highest BCUT2D eigenvalue weighted by Crippen LogP contribution is 2.62. The van der Waals surface area contributed by atoms with Crippen molar-refractivity contribution in [2.45, 2.75) is 52.6 Å². The second-order valence-electron chi connectivity index (χ2n) is 6.71. The maximum Gasteiger partial charge on any atom is 0.234 e. The fraction of sp³-hybridized carbons (Fsp3) is 0.929. The van der Waals surface area contributed by atoms with E-state index in [0.29, 0.717) is 18.6 Å². The van der Waals surface area contributed by atoms with Gasteiger partial charge in [-0.1, -0.05) is 27.7 Å². The molecule has 0 bridgehead atoms. The zero-order valence-corrected chi connectivity index (χ0v) is 12.0. The van der Waals surface area contributed by atoms with E-state index in [0.717, 1.165) is 26.1 Å². The number of carbonyl (C=O) groups excluding carboxylic acids is 1. The molecule has 0 aromatic carbocycles. The molecule has 0 unspecified atom stereocenters. The predicted molar refractivity (Wildman–Crippen MR) is 71.3 cm³/mol. The molecule has 104 valence electrons. The maximum atomic E-state index is 11.9. The SMILES string of the molecule is CC1(C)C(NCC(=O)NC2CCOCC2)C1(C)C. The van der Waals surface area contributed by atoms with E-state index in [9.17, 15) is 4.79 Å². The minimum Gasteiger partial charge on any atom is -0.381 e. The second-order valence-corrected chi connectivity index (χ2v) is 6.71. The summed E-state index contributed by atoms with van der Waals surface area (Å²) in [4.78, 5) is 11.9. The Morgan fingerprint density at radius 2 is 1.72 bits per heavy atom. The lowest BCUT2D eigenvalue weighted by atomic mass is 10.0. The van der Waals surface area contributed by atoms with Crippen LogP contribution in [0.3, 0.4) is 0 Å². The lowest BCUT2D eigenvalue weighted by Gasteiger charge is -2.23. The van der Waals surface area contributed by atoms with Crippen LogP contribution < -0.4 is 10.6 Å². The maximum absolute atomic E-state index is 11.9. The molecule has 0 aromatic heterocycles. The average Bonchev–Trinajstić information content (AvgIpc) is 2.68. The zero-order chi connectivity index (χ0) is 13.4. The number of amides is 1. The molecule has 1 saturated heterocycles. The van der Waals surface area contributed by atoms with Crippen molar-refractivity contribution in [1.82, 2.24) is 10.6 Å². The lowest BCUT2D eigenvalue weighted by Crippen LogP contribution is -2.44. The third-order valence-corrected chi connectivity index (χ3v) is 5.07. The summed E-state index contributed by atoms with van der Waals surface area (Å²) < 4.78 is 5.28. The molecule has 0 radical (unpaired) electrons. The number of hydrogen-bond donors (Lipinski definition) is 2. The first-order chi connectivity index (χ1) is 8.35. The molecule has 1 aliphatic carbocycles. The normalized spacial score (nSPS) is 26.9. The van der Waals surface area contributed by atoms with Crippen LogP contribution in [-0.4, -0.2) is 37.7 Å². The first-order valence-electron chi connectivity index (χ1n) is 6.96. The third kappa shape index (κ3) is 2.54. The number of hydrogen-bond acceptors (Lipinski definition) is 3. The van der Waals surface area contributed by atoms with Gasteiger partial charge in [0.15, 0.2) is 0 Å². The molecule has 2 aliphatic rings. The van der Waals surface area contributed by atoms with E-state index in [1.165, 1.54) is 0 Å². The smallest absolute Gasteiger partial charge is 0.234 e. The summed E-state index contributed by atoms with van der Waals surface area (Å²) >= 11 is 0. The van der Waals surface area contributed by atoms with Gasteiger partial charge in [-0.05, 0) is 23.7 Å². The summed E-state index contributed by atoms with van der Waals surface area (Å²) in [6.45, 7) is 11.0. The summed E-state index contributed by atoms with van der Waals surface area (Å²) in [5, 5.41) is 6.46. The van der Waals surface area contributed by atoms with Crippen molar-refractivity contribution in [3.05, 3.63) is 0 Å². The first kappa shape index (κ1) is 13.8. The quantitative estimate of drug-likeness (QED) is 0.795. The van der Waals surface area contributed by atoms with Gasteiger partial charge in [0.05, 0.1) is 6.54 Å². The molecule has 4 nitrogen and oxygen atoms in total. The number of carbonyl (C=O) groups is 1. The summed E-state index contributed by atoms with van der Waals surface area (Å²) in [5.41, 5.74) is 0.567. The molecule has 4 heteroatoms. The molecular weight excluding hydrogens is 228 g/mol. The van der Waals surface area contributed by atoms with Gasteiger partial charge in [0, 0.05) is 25.3 Å². The Bertz CT molecular complexity index is 306. The number of rotatable bonds is 4. The van der Waals surface area contributed by atoms with Crippen LogP contribution in [0.4, 0.5) is 0 Å². The second kappa shape index (κ2) is 4.82. The van der Waals surface area contributed by atoms with E-state index in [4.69, 9.17) is 4.74 Å². The average molecular weight is 254 g/mol. The fourth-order valence-corrected chi connectivity index (χ4v) is 3.02. The topological polar surface area (TPSA) is 50.4 Å². The van der Waals surface area contributed by atoms with Crippen molar-refractivity contribution in [3.8, 4) is 0 Å². The highest BCUT2D eigenvalue weighted by atomic mass is 16.5. The van der Waals surface area contributed by atoms with Gasteiger partial charge in [-0.25, -0.2) is 0 Å². The minimum atomic E-state index is 0.111. The minimum absolute atomic E-state index is 0.111. The lowest BCUT2D eigenvalue weighted by molar-refractivity contribution is -0.121. The summed E-state index contributed by atoms with van der Waals surface area (Å²) in [6, 6.07) is 0.735. The van der Waals surface area contributed by atoms with Crippen LogP contribution >= 0.6 is 0 Å². The van der Waals surface area contributed by atoms with Crippen LogP contribution in [0.5, 0.6) is 0 Å². The molecule has 0 aromatic rings.